The van der Waals surface area contributed by atoms with Crippen molar-refractivity contribution in [1.29, 1.82) is 5.26 Å². The largest absolute Gasteiger partial charge is 0.388 e. The molecule has 0 saturated heterocycles. The third-order valence-corrected chi connectivity index (χ3v) is 4.10. The van der Waals surface area contributed by atoms with Gasteiger partial charge in [-0.15, -0.1) is 0 Å². The Kier molecular flexibility index (Phi) is 4.46. The van der Waals surface area contributed by atoms with Crippen LogP contribution in [0.5, 0.6) is 0 Å². The molecule has 1 saturated carbocycles. The second-order valence-electron chi connectivity index (χ2n) is 6.11. The summed E-state index contributed by atoms with van der Waals surface area (Å²) in [4.78, 5) is 25.1. The number of nitrogens with one attached hydrogen (secondary N) is 1. The summed E-state index contributed by atoms with van der Waals surface area (Å²) in [5, 5.41) is 12.6. The number of allylic oxidation sites excluding steroid dienone is 1. The summed E-state index contributed by atoms with van der Waals surface area (Å²) in [5.41, 5.74) is -0.270. The lowest BCUT2D eigenvalue weighted by molar-refractivity contribution is -0.130. The normalized spacial score (nSPS) is 27.0. The molecule has 1 fully saturated rings. The van der Waals surface area contributed by atoms with Crippen molar-refractivity contribution in [3.05, 3.63) is 47.7 Å². The molecule has 22 heavy (non-hydrogen) atoms. The van der Waals surface area contributed by atoms with Crippen LogP contribution in [0.1, 0.15) is 38.7 Å². The fourth-order valence-electron chi connectivity index (χ4n) is 2.73. The molecule has 2 atom stereocenters. The van der Waals surface area contributed by atoms with Crippen LogP contribution in [-0.2, 0) is 9.59 Å². The molecule has 4 nitrogen and oxygen atoms in total. The number of carbonyl (C=O) groups is 2. The molecular weight excluding hydrogens is 276 g/mol. The Morgan fingerprint density at radius 2 is 1.95 bits per heavy atom. The highest BCUT2D eigenvalue weighted by atomic mass is 16.2. The number of hydrogen-bond acceptors (Lipinski definition) is 4. The van der Waals surface area contributed by atoms with Crippen molar-refractivity contribution in [2.75, 3.05) is 0 Å². The monoisotopic (exact) mass is 296 g/mol. The summed E-state index contributed by atoms with van der Waals surface area (Å²) in [7, 11) is 0. The molecule has 0 aliphatic heterocycles. The average molecular weight is 296 g/mol. The molecule has 2 unspecified atom stereocenters. The van der Waals surface area contributed by atoms with Crippen molar-refractivity contribution in [2.45, 2.75) is 39.2 Å². The summed E-state index contributed by atoms with van der Waals surface area (Å²) in [6.45, 7) is 5.47. The summed E-state index contributed by atoms with van der Waals surface area (Å²) in [5.74, 6) is -1.01. The fraction of sp³-hybridized carbons (Fsp3) is 0.389. The Balaban J connectivity index is 2.43. The fourth-order valence-corrected chi connectivity index (χ4v) is 2.73. The van der Waals surface area contributed by atoms with Gasteiger partial charge < -0.3 is 5.32 Å². The second-order valence-corrected chi connectivity index (χ2v) is 6.11. The Morgan fingerprint density at radius 3 is 2.50 bits per heavy atom. The molecule has 1 aromatic carbocycles. The minimum atomic E-state index is -1.22. The molecule has 1 aliphatic rings. The van der Waals surface area contributed by atoms with Gasteiger partial charge in [-0.05, 0) is 26.3 Å². The molecule has 114 valence electrons. The summed E-state index contributed by atoms with van der Waals surface area (Å²) in [6, 6.07) is 11.6. The summed E-state index contributed by atoms with van der Waals surface area (Å²) >= 11 is 0. The lowest BCUT2D eigenvalue weighted by Gasteiger charge is -2.35. The van der Waals surface area contributed by atoms with E-state index in [1.807, 2.05) is 44.2 Å². The van der Waals surface area contributed by atoms with Gasteiger partial charge in [-0.1, -0.05) is 30.3 Å². The zero-order chi connectivity index (χ0) is 16.3. The van der Waals surface area contributed by atoms with E-state index >= 15 is 0 Å². The van der Waals surface area contributed by atoms with Gasteiger partial charge in [0, 0.05) is 24.6 Å². The van der Waals surface area contributed by atoms with Crippen LogP contribution in [-0.4, -0.2) is 17.6 Å². The van der Waals surface area contributed by atoms with Gasteiger partial charge in [0.1, 0.15) is 5.41 Å². The molecule has 0 radical (unpaired) electrons. The van der Waals surface area contributed by atoms with Crippen LogP contribution >= 0.6 is 0 Å². The van der Waals surface area contributed by atoms with Gasteiger partial charge in [0.15, 0.2) is 11.6 Å². The molecule has 0 heterocycles. The molecule has 2 rings (SSSR count). The van der Waals surface area contributed by atoms with Crippen molar-refractivity contribution in [3.8, 4) is 6.07 Å². The molecule has 1 N–H and O–H groups in total. The zero-order valence-electron chi connectivity index (χ0n) is 13.1. The first kappa shape index (κ1) is 16.0. The van der Waals surface area contributed by atoms with Gasteiger partial charge in [0.25, 0.3) is 0 Å². The van der Waals surface area contributed by atoms with E-state index < -0.39 is 17.1 Å². The molecule has 0 bridgehead atoms. The highest BCUT2D eigenvalue weighted by Gasteiger charge is 2.50. The number of Topliss-reactive ketones (excluding diaryl/α,β-unsaturated/α-hetero) is 2. The summed E-state index contributed by atoms with van der Waals surface area (Å²) in [6.07, 6.45) is 1.64. The molecular formula is C18H20N2O2. The predicted octanol–water partition coefficient (Wildman–Crippen LogP) is 2.72. The first-order valence-electron chi connectivity index (χ1n) is 7.40. The SMILES string of the molecule is CC(C)N/C=C1/C(=O)CC(c2ccccc2)C(C)(C#N)C1=O. The number of nitriles is 1. The first-order valence-corrected chi connectivity index (χ1v) is 7.40. The maximum Gasteiger partial charge on any atom is 0.188 e. The number of benzene rings is 1. The highest BCUT2D eigenvalue weighted by molar-refractivity contribution is 6.25. The van der Waals surface area contributed by atoms with Gasteiger partial charge in [0.2, 0.25) is 0 Å². The topological polar surface area (TPSA) is 70.0 Å². The highest BCUT2D eigenvalue weighted by Crippen LogP contribution is 2.44. The second kappa shape index (κ2) is 6.15. The van der Waals surface area contributed by atoms with E-state index in [-0.39, 0.29) is 23.8 Å². The van der Waals surface area contributed by atoms with Gasteiger partial charge in [-0.2, -0.15) is 5.26 Å². The lowest BCUT2D eigenvalue weighted by Crippen LogP contribution is -2.42. The van der Waals surface area contributed by atoms with E-state index in [2.05, 4.69) is 11.4 Å². The van der Waals surface area contributed by atoms with Crippen LogP contribution in [0, 0.1) is 16.7 Å². The van der Waals surface area contributed by atoms with E-state index in [1.165, 1.54) is 6.20 Å². The van der Waals surface area contributed by atoms with Crippen molar-refractivity contribution < 1.29 is 9.59 Å². The lowest BCUT2D eigenvalue weighted by atomic mass is 9.63. The maximum atomic E-state index is 12.7. The summed E-state index contributed by atoms with van der Waals surface area (Å²) < 4.78 is 0. The van der Waals surface area contributed by atoms with Gasteiger partial charge in [-0.25, -0.2) is 0 Å². The van der Waals surface area contributed by atoms with Crippen LogP contribution in [0.3, 0.4) is 0 Å². The standard InChI is InChI=1S/C18H20N2O2/c1-12(2)20-10-14-16(21)9-15(13-7-5-4-6-8-13)18(3,11-19)17(14)22/h4-8,10,12,15,20H,9H2,1-3H3/b14-10-. The molecule has 0 amide bonds. The average Bonchev–Trinajstić information content (AvgIpc) is 2.51. The Bertz CT molecular complexity index is 655. The van der Waals surface area contributed by atoms with E-state index in [0.717, 1.165) is 5.56 Å². The minimum Gasteiger partial charge on any atom is -0.388 e. The third kappa shape index (κ3) is 2.80. The van der Waals surface area contributed by atoms with Crippen molar-refractivity contribution >= 4 is 11.6 Å². The number of hydrogen-bond donors (Lipinski definition) is 1. The van der Waals surface area contributed by atoms with Crippen LogP contribution in [0.4, 0.5) is 0 Å². The molecule has 4 heteroatoms. The van der Waals surface area contributed by atoms with Crippen LogP contribution in [0.15, 0.2) is 42.1 Å². The molecule has 0 spiro atoms. The van der Waals surface area contributed by atoms with E-state index in [1.54, 1.807) is 6.92 Å². The molecule has 0 aromatic heterocycles. The van der Waals surface area contributed by atoms with Crippen molar-refractivity contribution in [1.82, 2.24) is 5.32 Å². The minimum absolute atomic E-state index is 0.102. The van der Waals surface area contributed by atoms with Gasteiger partial charge in [-0.3, -0.25) is 9.59 Å². The van der Waals surface area contributed by atoms with Crippen LogP contribution in [0.2, 0.25) is 0 Å². The van der Waals surface area contributed by atoms with E-state index in [9.17, 15) is 14.9 Å². The van der Waals surface area contributed by atoms with Crippen LogP contribution < -0.4 is 5.32 Å². The molecule has 1 aromatic rings. The van der Waals surface area contributed by atoms with Crippen LogP contribution in [0.25, 0.3) is 0 Å². The number of nitrogens with zero attached hydrogens (tertiary/aromatic N) is 1. The van der Waals surface area contributed by atoms with Gasteiger partial charge >= 0.3 is 0 Å². The predicted molar refractivity (Wildman–Crippen MR) is 83.9 cm³/mol. The number of rotatable bonds is 3. The first-order chi connectivity index (χ1) is 10.4. The number of ketones is 2. The quantitative estimate of drug-likeness (QED) is 0.688. The smallest absolute Gasteiger partial charge is 0.188 e. The van der Waals surface area contributed by atoms with E-state index in [4.69, 9.17) is 0 Å². The Labute approximate surface area is 130 Å². The van der Waals surface area contributed by atoms with Crippen molar-refractivity contribution in [3.63, 3.8) is 0 Å². The van der Waals surface area contributed by atoms with Crippen molar-refractivity contribution in [2.24, 2.45) is 5.41 Å². The third-order valence-electron chi connectivity index (χ3n) is 4.10. The van der Waals surface area contributed by atoms with Gasteiger partial charge in [0.05, 0.1) is 11.6 Å². The Morgan fingerprint density at radius 1 is 1.32 bits per heavy atom. The zero-order valence-corrected chi connectivity index (χ0v) is 13.1. The number of carbonyl (C=O) groups excluding carboxylic acids is 2. The van der Waals surface area contributed by atoms with E-state index in [0.29, 0.717) is 0 Å². The molecule has 1 aliphatic carbocycles. The Hall–Kier alpha value is -2.41. The maximum absolute atomic E-state index is 12.7.